The van der Waals surface area contributed by atoms with Gasteiger partial charge in [-0.2, -0.15) is 5.26 Å². The summed E-state index contributed by atoms with van der Waals surface area (Å²) in [5.74, 6) is 0.634. The fourth-order valence-electron chi connectivity index (χ4n) is 0.973. The summed E-state index contributed by atoms with van der Waals surface area (Å²) in [6, 6.07) is 1.90. The van der Waals surface area contributed by atoms with Crippen molar-refractivity contribution in [2.45, 2.75) is 0 Å². The van der Waals surface area contributed by atoms with Crippen molar-refractivity contribution < 1.29 is 9.47 Å². The van der Waals surface area contributed by atoms with Gasteiger partial charge in [0.1, 0.15) is 11.9 Å². The van der Waals surface area contributed by atoms with E-state index in [1.807, 2.05) is 6.07 Å². The van der Waals surface area contributed by atoms with Crippen LogP contribution in [0.15, 0.2) is 12.4 Å². The predicted octanol–water partition coefficient (Wildman–Crippen LogP) is 0.423. The number of hydrogen-bond acceptors (Lipinski definition) is 6. The number of anilines is 1. The molecule has 0 saturated carbocycles. The van der Waals surface area contributed by atoms with Gasteiger partial charge in [-0.25, -0.2) is 9.97 Å². The lowest BCUT2D eigenvalue weighted by Gasteiger charge is -2.05. The quantitative estimate of drug-likeness (QED) is 0.673. The van der Waals surface area contributed by atoms with Gasteiger partial charge in [-0.3, -0.25) is 0 Å². The maximum Gasteiger partial charge on any atom is 0.158 e. The highest BCUT2D eigenvalue weighted by molar-refractivity contribution is 5.32. The third kappa shape index (κ3) is 4.68. The van der Waals surface area contributed by atoms with Crippen molar-refractivity contribution in [2.24, 2.45) is 0 Å². The molecule has 0 radical (unpaired) electrons. The average molecular weight is 222 g/mol. The van der Waals surface area contributed by atoms with Crippen LogP contribution >= 0.6 is 0 Å². The zero-order valence-electron chi connectivity index (χ0n) is 9.14. The number of rotatable bonds is 7. The van der Waals surface area contributed by atoms with E-state index in [0.717, 1.165) is 0 Å². The van der Waals surface area contributed by atoms with Crippen LogP contribution in [-0.2, 0) is 9.47 Å². The first kappa shape index (κ1) is 12.4. The van der Waals surface area contributed by atoms with E-state index < -0.39 is 0 Å². The molecule has 0 aromatic carbocycles. The van der Waals surface area contributed by atoms with E-state index >= 15 is 0 Å². The largest absolute Gasteiger partial charge is 0.382 e. The van der Waals surface area contributed by atoms with Crippen molar-refractivity contribution in [3.63, 3.8) is 0 Å². The molecule has 0 bridgehead atoms. The van der Waals surface area contributed by atoms with E-state index in [0.29, 0.717) is 37.9 Å². The van der Waals surface area contributed by atoms with Crippen LogP contribution in [0, 0.1) is 11.3 Å². The topological polar surface area (TPSA) is 80.1 Å². The number of nitrogens with zero attached hydrogens (tertiary/aromatic N) is 3. The molecule has 1 rings (SSSR count). The minimum absolute atomic E-state index is 0.307. The Bertz CT molecular complexity index is 334. The van der Waals surface area contributed by atoms with Crippen LogP contribution < -0.4 is 5.32 Å². The van der Waals surface area contributed by atoms with Crippen LogP contribution in [0.2, 0.25) is 0 Å². The molecule has 0 aliphatic rings. The SMILES string of the molecule is COCCOCCNc1cnc(C#N)cn1. The van der Waals surface area contributed by atoms with Gasteiger partial charge >= 0.3 is 0 Å². The van der Waals surface area contributed by atoms with E-state index in [1.54, 1.807) is 7.11 Å². The molecule has 1 aromatic rings. The number of nitriles is 1. The highest BCUT2D eigenvalue weighted by atomic mass is 16.5. The molecule has 6 nitrogen and oxygen atoms in total. The normalized spacial score (nSPS) is 9.75. The maximum absolute atomic E-state index is 8.52. The first-order valence-corrected chi connectivity index (χ1v) is 4.89. The first-order valence-electron chi connectivity index (χ1n) is 4.89. The Labute approximate surface area is 94.2 Å². The van der Waals surface area contributed by atoms with Crippen molar-refractivity contribution in [1.29, 1.82) is 5.26 Å². The van der Waals surface area contributed by atoms with Crippen LogP contribution in [0.3, 0.4) is 0 Å². The van der Waals surface area contributed by atoms with Crippen LogP contribution in [0.25, 0.3) is 0 Å². The highest BCUT2D eigenvalue weighted by Gasteiger charge is 1.95. The molecule has 86 valence electrons. The van der Waals surface area contributed by atoms with Crippen LogP contribution in [0.5, 0.6) is 0 Å². The second-order valence-electron chi connectivity index (χ2n) is 2.93. The second kappa shape index (κ2) is 7.56. The molecule has 0 fully saturated rings. The van der Waals surface area contributed by atoms with Crippen molar-refractivity contribution in [3.8, 4) is 6.07 Å². The van der Waals surface area contributed by atoms with Gasteiger partial charge < -0.3 is 14.8 Å². The number of hydrogen-bond donors (Lipinski definition) is 1. The fraction of sp³-hybridized carbons (Fsp3) is 0.500. The molecule has 0 atom stereocenters. The van der Waals surface area contributed by atoms with Crippen molar-refractivity contribution in [1.82, 2.24) is 9.97 Å². The van der Waals surface area contributed by atoms with E-state index in [9.17, 15) is 0 Å². The van der Waals surface area contributed by atoms with Gasteiger partial charge in [-0.1, -0.05) is 0 Å². The minimum Gasteiger partial charge on any atom is -0.382 e. The molecule has 0 saturated heterocycles. The van der Waals surface area contributed by atoms with Crippen LogP contribution in [0.1, 0.15) is 5.69 Å². The van der Waals surface area contributed by atoms with Crippen molar-refractivity contribution in [2.75, 3.05) is 38.8 Å². The smallest absolute Gasteiger partial charge is 0.158 e. The summed E-state index contributed by atoms with van der Waals surface area (Å²) in [4.78, 5) is 7.89. The van der Waals surface area contributed by atoms with Crippen molar-refractivity contribution in [3.05, 3.63) is 18.1 Å². The molecule has 16 heavy (non-hydrogen) atoms. The van der Waals surface area contributed by atoms with Crippen molar-refractivity contribution >= 4 is 5.82 Å². The number of aromatic nitrogens is 2. The Kier molecular flexibility index (Phi) is 5.84. The van der Waals surface area contributed by atoms with Gasteiger partial charge in [0, 0.05) is 13.7 Å². The standard InChI is InChI=1S/C10H14N4O2/c1-15-4-5-16-3-2-12-10-8-13-9(6-11)7-14-10/h7-8H,2-5H2,1H3,(H,12,14). The highest BCUT2D eigenvalue weighted by Crippen LogP contribution is 1.98. The first-order chi connectivity index (χ1) is 7.86. The summed E-state index contributed by atoms with van der Waals surface area (Å²) < 4.78 is 10.1. The lowest BCUT2D eigenvalue weighted by atomic mass is 10.5. The Balaban J connectivity index is 2.15. The summed E-state index contributed by atoms with van der Waals surface area (Å²) in [5.41, 5.74) is 0.307. The van der Waals surface area contributed by atoms with Gasteiger partial charge in [-0.05, 0) is 0 Å². The lowest BCUT2D eigenvalue weighted by molar-refractivity contribution is 0.0759. The minimum atomic E-state index is 0.307. The molecule has 0 aliphatic heterocycles. The van der Waals surface area contributed by atoms with Gasteiger partial charge in [0.15, 0.2) is 5.69 Å². The Morgan fingerprint density at radius 3 is 2.81 bits per heavy atom. The molecular formula is C10H14N4O2. The molecule has 1 N–H and O–H groups in total. The number of methoxy groups -OCH3 is 1. The summed E-state index contributed by atoms with van der Waals surface area (Å²) >= 11 is 0. The van der Waals surface area contributed by atoms with Gasteiger partial charge in [0.05, 0.1) is 32.2 Å². The lowest BCUT2D eigenvalue weighted by Crippen LogP contribution is -2.12. The summed E-state index contributed by atoms with van der Waals surface area (Å²) in [6.45, 7) is 2.39. The van der Waals surface area contributed by atoms with Crippen LogP contribution in [0.4, 0.5) is 5.82 Å². The predicted molar refractivity (Wildman–Crippen MR) is 57.9 cm³/mol. The summed E-state index contributed by atoms with van der Waals surface area (Å²) in [5, 5.41) is 11.5. The third-order valence-electron chi connectivity index (χ3n) is 1.75. The molecule has 0 spiro atoms. The zero-order valence-corrected chi connectivity index (χ0v) is 9.14. The monoisotopic (exact) mass is 222 g/mol. The Hall–Kier alpha value is -1.71. The molecule has 0 amide bonds. The number of nitrogens with one attached hydrogen (secondary N) is 1. The average Bonchev–Trinajstić information content (AvgIpc) is 2.34. The Morgan fingerprint density at radius 2 is 2.19 bits per heavy atom. The fourth-order valence-corrected chi connectivity index (χ4v) is 0.973. The van der Waals surface area contributed by atoms with Gasteiger partial charge in [-0.15, -0.1) is 0 Å². The van der Waals surface area contributed by atoms with E-state index in [4.69, 9.17) is 14.7 Å². The summed E-state index contributed by atoms with van der Waals surface area (Å²) in [6.07, 6.45) is 2.95. The maximum atomic E-state index is 8.52. The Morgan fingerprint density at radius 1 is 1.31 bits per heavy atom. The molecular weight excluding hydrogens is 208 g/mol. The van der Waals surface area contributed by atoms with E-state index in [-0.39, 0.29) is 0 Å². The molecule has 1 heterocycles. The molecule has 6 heteroatoms. The van der Waals surface area contributed by atoms with E-state index in [2.05, 4.69) is 15.3 Å². The van der Waals surface area contributed by atoms with E-state index in [1.165, 1.54) is 12.4 Å². The molecule has 0 aliphatic carbocycles. The summed E-state index contributed by atoms with van der Waals surface area (Å²) in [7, 11) is 1.63. The molecule has 1 aromatic heterocycles. The van der Waals surface area contributed by atoms with Gasteiger partial charge in [0.25, 0.3) is 0 Å². The molecule has 0 unspecified atom stereocenters. The van der Waals surface area contributed by atoms with Crippen LogP contribution in [-0.4, -0.2) is 43.4 Å². The number of ether oxygens (including phenoxy) is 2. The van der Waals surface area contributed by atoms with Gasteiger partial charge in [0.2, 0.25) is 0 Å². The zero-order chi connectivity index (χ0) is 11.6. The second-order valence-corrected chi connectivity index (χ2v) is 2.93. The third-order valence-corrected chi connectivity index (χ3v) is 1.75.